The van der Waals surface area contributed by atoms with Crippen molar-refractivity contribution in [3.05, 3.63) is 39.4 Å². The molecule has 0 radical (unpaired) electrons. The highest BCUT2D eigenvalue weighted by Gasteiger charge is 2.15. The fourth-order valence-corrected chi connectivity index (χ4v) is 1.21. The van der Waals surface area contributed by atoms with Crippen LogP contribution in [0, 0.1) is 22.5 Å². The Kier molecular flexibility index (Phi) is 3.62. The Morgan fingerprint density at radius 1 is 1.62 bits per heavy atom. The standard InChI is InChI=1S/C11H10N2O3/c1-3-8-5-6-9(11(14)12-4-2)7-10(8)13(15)16/h1,5-7H,4H2,2H3,(H,12,14). The minimum atomic E-state index is -0.599. The number of hydrogen-bond acceptors (Lipinski definition) is 3. The molecule has 5 heteroatoms. The number of nitro groups is 1. The Morgan fingerprint density at radius 3 is 2.81 bits per heavy atom. The van der Waals surface area contributed by atoms with E-state index in [2.05, 4.69) is 11.2 Å². The van der Waals surface area contributed by atoms with Crippen molar-refractivity contribution in [3.8, 4) is 12.3 Å². The number of nitro benzene ring substituents is 1. The summed E-state index contributed by atoms with van der Waals surface area (Å²) in [5, 5.41) is 13.2. The van der Waals surface area contributed by atoms with Gasteiger partial charge in [0.15, 0.2) is 0 Å². The molecule has 0 fully saturated rings. The molecule has 0 saturated heterocycles. The van der Waals surface area contributed by atoms with E-state index in [9.17, 15) is 14.9 Å². The second-order valence-electron chi connectivity index (χ2n) is 2.99. The van der Waals surface area contributed by atoms with Gasteiger partial charge in [-0.1, -0.05) is 5.92 Å². The molecule has 0 aromatic heterocycles. The summed E-state index contributed by atoms with van der Waals surface area (Å²) < 4.78 is 0. The number of rotatable bonds is 3. The van der Waals surface area contributed by atoms with E-state index in [1.165, 1.54) is 18.2 Å². The van der Waals surface area contributed by atoms with Crippen molar-refractivity contribution in [2.75, 3.05) is 6.54 Å². The van der Waals surface area contributed by atoms with Gasteiger partial charge in [-0.05, 0) is 19.1 Å². The normalized spacial score (nSPS) is 9.25. The van der Waals surface area contributed by atoms with Gasteiger partial charge in [0.1, 0.15) is 5.56 Å². The van der Waals surface area contributed by atoms with Crippen LogP contribution in [0.3, 0.4) is 0 Å². The molecule has 1 aromatic carbocycles. The molecule has 0 spiro atoms. The average Bonchev–Trinajstić information content (AvgIpc) is 2.28. The van der Waals surface area contributed by atoms with Gasteiger partial charge in [0.05, 0.1) is 4.92 Å². The van der Waals surface area contributed by atoms with Gasteiger partial charge >= 0.3 is 0 Å². The lowest BCUT2D eigenvalue weighted by Crippen LogP contribution is -2.22. The maximum absolute atomic E-state index is 11.4. The highest BCUT2D eigenvalue weighted by Crippen LogP contribution is 2.19. The fraction of sp³-hybridized carbons (Fsp3) is 0.182. The minimum absolute atomic E-state index is 0.165. The maximum atomic E-state index is 11.4. The number of hydrogen-bond donors (Lipinski definition) is 1. The number of nitrogens with zero attached hydrogens (tertiary/aromatic N) is 1. The lowest BCUT2D eigenvalue weighted by molar-refractivity contribution is -0.385. The van der Waals surface area contributed by atoms with Crippen LogP contribution in [0.5, 0.6) is 0 Å². The molecule has 1 aromatic rings. The van der Waals surface area contributed by atoms with Gasteiger partial charge in [-0.25, -0.2) is 0 Å². The summed E-state index contributed by atoms with van der Waals surface area (Å²) in [6.07, 6.45) is 5.12. The molecule has 0 aliphatic rings. The molecule has 0 unspecified atom stereocenters. The summed E-state index contributed by atoms with van der Waals surface area (Å²) in [7, 11) is 0. The highest BCUT2D eigenvalue weighted by atomic mass is 16.6. The summed E-state index contributed by atoms with van der Waals surface area (Å²) in [6.45, 7) is 2.23. The first-order chi connectivity index (χ1) is 7.60. The van der Waals surface area contributed by atoms with Crippen molar-refractivity contribution in [2.45, 2.75) is 6.92 Å². The molecule has 0 aliphatic heterocycles. The molecule has 16 heavy (non-hydrogen) atoms. The Bertz CT molecular complexity index is 475. The molecule has 0 aliphatic carbocycles. The number of carbonyl (C=O) groups excluding carboxylic acids is 1. The Hall–Kier alpha value is -2.35. The number of benzene rings is 1. The van der Waals surface area contributed by atoms with Gasteiger partial charge in [0.2, 0.25) is 0 Å². The smallest absolute Gasteiger partial charge is 0.285 e. The van der Waals surface area contributed by atoms with E-state index >= 15 is 0 Å². The summed E-state index contributed by atoms with van der Waals surface area (Å²) in [5.74, 6) is 1.85. The summed E-state index contributed by atoms with van der Waals surface area (Å²) in [6, 6.07) is 4.04. The molecular weight excluding hydrogens is 208 g/mol. The predicted octanol–water partition coefficient (Wildman–Crippen LogP) is 1.33. The van der Waals surface area contributed by atoms with Gasteiger partial charge in [-0.3, -0.25) is 14.9 Å². The van der Waals surface area contributed by atoms with Gasteiger partial charge in [0, 0.05) is 18.2 Å². The molecule has 82 valence electrons. The van der Waals surface area contributed by atoms with Gasteiger partial charge < -0.3 is 5.32 Å². The SMILES string of the molecule is C#Cc1ccc(C(=O)NCC)cc1[N+](=O)[O-]. The molecule has 5 nitrogen and oxygen atoms in total. The summed E-state index contributed by atoms with van der Waals surface area (Å²) in [5.41, 5.74) is 0.164. The van der Waals surface area contributed by atoms with Crippen LogP contribution in [0.15, 0.2) is 18.2 Å². The third-order valence-electron chi connectivity index (χ3n) is 1.95. The van der Waals surface area contributed by atoms with Gasteiger partial charge in [0.25, 0.3) is 11.6 Å². The van der Waals surface area contributed by atoms with Crippen LogP contribution >= 0.6 is 0 Å². The molecule has 1 rings (SSSR count). The average molecular weight is 218 g/mol. The van der Waals surface area contributed by atoms with Crippen LogP contribution < -0.4 is 5.32 Å². The summed E-state index contributed by atoms with van der Waals surface area (Å²) >= 11 is 0. The predicted molar refractivity (Wildman–Crippen MR) is 59.0 cm³/mol. The van der Waals surface area contributed by atoms with Crippen molar-refractivity contribution in [2.24, 2.45) is 0 Å². The zero-order chi connectivity index (χ0) is 12.1. The quantitative estimate of drug-likeness (QED) is 0.472. The van der Waals surface area contributed by atoms with E-state index < -0.39 is 4.92 Å². The highest BCUT2D eigenvalue weighted by molar-refractivity contribution is 5.95. The number of carbonyl (C=O) groups is 1. The van der Waals surface area contributed by atoms with E-state index in [0.717, 1.165) is 0 Å². The number of amides is 1. The minimum Gasteiger partial charge on any atom is -0.352 e. The summed E-state index contributed by atoms with van der Waals surface area (Å²) in [4.78, 5) is 21.5. The van der Waals surface area contributed by atoms with Crippen molar-refractivity contribution in [1.82, 2.24) is 5.32 Å². The molecule has 0 bridgehead atoms. The second-order valence-corrected chi connectivity index (χ2v) is 2.99. The van der Waals surface area contributed by atoms with E-state index in [1.807, 2.05) is 0 Å². The lowest BCUT2D eigenvalue weighted by atomic mass is 10.1. The van der Waals surface area contributed by atoms with Crippen molar-refractivity contribution < 1.29 is 9.72 Å². The molecule has 0 atom stereocenters. The first-order valence-electron chi connectivity index (χ1n) is 4.63. The van der Waals surface area contributed by atoms with E-state index in [4.69, 9.17) is 6.42 Å². The zero-order valence-electron chi connectivity index (χ0n) is 8.69. The lowest BCUT2D eigenvalue weighted by Gasteiger charge is -2.02. The van der Waals surface area contributed by atoms with Crippen molar-refractivity contribution in [3.63, 3.8) is 0 Å². The first kappa shape index (κ1) is 11.7. The van der Waals surface area contributed by atoms with Crippen LogP contribution in [0.2, 0.25) is 0 Å². The van der Waals surface area contributed by atoms with E-state index in [0.29, 0.717) is 6.54 Å². The first-order valence-corrected chi connectivity index (χ1v) is 4.63. The van der Waals surface area contributed by atoms with Crippen LogP contribution in [0.4, 0.5) is 5.69 Å². The monoisotopic (exact) mass is 218 g/mol. The van der Waals surface area contributed by atoms with E-state index in [-0.39, 0.29) is 22.7 Å². The van der Waals surface area contributed by atoms with E-state index in [1.54, 1.807) is 6.92 Å². The molecule has 1 N–H and O–H groups in total. The topological polar surface area (TPSA) is 72.2 Å². The fourth-order valence-electron chi connectivity index (χ4n) is 1.21. The number of terminal acetylenes is 1. The zero-order valence-corrected chi connectivity index (χ0v) is 8.69. The van der Waals surface area contributed by atoms with Crippen LogP contribution in [-0.4, -0.2) is 17.4 Å². The second kappa shape index (κ2) is 4.94. The third-order valence-corrected chi connectivity index (χ3v) is 1.95. The number of nitrogens with one attached hydrogen (secondary N) is 1. The Labute approximate surface area is 92.6 Å². The van der Waals surface area contributed by atoms with Gasteiger partial charge in [-0.2, -0.15) is 0 Å². The maximum Gasteiger partial charge on any atom is 0.285 e. The van der Waals surface area contributed by atoms with Crippen LogP contribution in [-0.2, 0) is 0 Å². The third kappa shape index (κ3) is 2.36. The molecular formula is C11H10N2O3. The van der Waals surface area contributed by atoms with Crippen molar-refractivity contribution >= 4 is 11.6 Å². The molecule has 1 amide bonds. The molecule has 0 heterocycles. The Balaban J connectivity index is 3.18. The van der Waals surface area contributed by atoms with Crippen molar-refractivity contribution in [1.29, 1.82) is 0 Å². The van der Waals surface area contributed by atoms with Crippen LogP contribution in [0.25, 0.3) is 0 Å². The van der Waals surface area contributed by atoms with Gasteiger partial charge in [-0.15, -0.1) is 6.42 Å². The van der Waals surface area contributed by atoms with Crippen LogP contribution in [0.1, 0.15) is 22.8 Å². The largest absolute Gasteiger partial charge is 0.352 e. The Morgan fingerprint density at radius 2 is 2.31 bits per heavy atom. The molecule has 0 saturated carbocycles.